The van der Waals surface area contributed by atoms with Gasteiger partial charge in [-0.25, -0.2) is 9.78 Å². The number of benzene rings is 1. The summed E-state index contributed by atoms with van der Waals surface area (Å²) in [5.74, 6) is -1.45. The molecule has 144 valence electrons. The molecule has 1 aliphatic heterocycles. The SMILES string of the molecule is O=C(O)c1cnc(CN2CCOC(c3cccc(OC(F)(F)F)c3)C2)cn1. The van der Waals surface area contributed by atoms with E-state index < -0.39 is 18.4 Å². The molecule has 2 aromatic rings. The van der Waals surface area contributed by atoms with E-state index in [-0.39, 0.29) is 11.4 Å². The highest BCUT2D eigenvalue weighted by atomic mass is 19.4. The summed E-state index contributed by atoms with van der Waals surface area (Å²) in [6.07, 6.45) is -2.58. The zero-order chi connectivity index (χ0) is 19.4. The number of carboxylic acids is 1. The lowest BCUT2D eigenvalue weighted by Crippen LogP contribution is -2.38. The van der Waals surface area contributed by atoms with Gasteiger partial charge in [-0.3, -0.25) is 9.88 Å². The fourth-order valence-electron chi connectivity index (χ4n) is 2.74. The third-order valence-electron chi connectivity index (χ3n) is 3.92. The first-order valence-corrected chi connectivity index (χ1v) is 8.04. The number of hydrogen-bond donors (Lipinski definition) is 1. The van der Waals surface area contributed by atoms with Crippen molar-refractivity contribution in [1.82, 2.24) is 14.9 Å². The van der Waals surface area contributed by atoms with E-state index in [0.717, 1.165) is 0 Å². The molecule has 7 nitrogen and oxygen atoms in total. The molecule has 27 heavy (non-hydrogen) atoms. The average Bonchev–Trinajstić information content (AvgIpc) is 2.61. The summed E-state index contributed by atoms with van der Waals surface area (Å²) >= 11 is 0. The normalized spacial score (nSPS) is 18.3. The lowest BCUT2D eigenvalue weighted by Gasteiger charge is -2.33. The van der Waals surface area contributed by atoms with Crippen LogP contribution in [-0.4, -0.2) is 52.0 Å². The Balaban J connectivity index is 1.65. The minimum absolute atomic E-state index is 0.139. The van der Waals surface area contributed by atoms with E-state index in [4.69, 9.17) is 9.84 Å². The maximum atomic E-state index is 12.4. The molecular weight excluding hydrogens is 367 g/mol. The number of halogens is 3. The largest absolute Gasteiger partial charge is 0.573 e. The smallest absolute Gasteiger partial charge is 0.476 e. The summed E-state index contributed by atoms with van der Waals surface area (Å²) in [5.41, 5.74) is 1.03. The van der Waals surface area contributed by atoms with Crippen LogP contribution in [0.15, 0.2) is 36.7 Å². The van der Waals surface area contributed by atoms with Crippen molar-refractivity contribution in [3.8, 4) is 5.75 Å². The summed E-state index contributed by atoms with van der Waals surface area (Å²) in [6.45, 7) is 1.87. The molecule has 1 fully saturated rings. The van der Waals surface area contributed by atoms with Gasteiger partial charge in [-0.05, 0) is 17.7 Å². The van der Waals surface area contributed by atoms with Gasteiger partial charge >= 0.3 is 12.3 Å². The van der Waals surface area contributed by atoms with E-state index >= 15 is 0 Å². The minimum Gasteiger partial charge on any atom is -0.476 e. The third-order valence-corrected chi connectivity index (χ3v) is 3.92. The lowest BCUT2D eigenvalue weighted by molar-refractivity contribution is -0.274. The Morgan fingerprint density at radius 2 is 2.15 bits per heavy atom. The topological polar surface area (TPSA) is 84.8 Å². The molecule has 0 saturated carbocycles. The molecule has 1 N–H and O–H groups in total. The predicted octanol–water partition coefficient (Wildman–Crippen LogP) is 2.65. The van der Waals surface area contributed by atoms with Crippen molar-refractivity contribution >= 4 is 5.97 Å². The predicted molar refractivity (Wildman–Crippen MR) is 86.1 cm³/mol. The quantitative estimate of drug-likeness (QED) is 0.850. The molecule has 1 aromatic carbocycles. The van der Waals surface area contributed by atoms with Crippen molar-refractivity contribution in [3.05, 3.63) is 53.6 Å². The van der Waals surface area contributed by atoms with Crippen molar-refractivity contribution in [2.45, 2.75) is 19.0 Å². The van der Waals surface area contributed by atoms with Crippen LogP contribution in [0.25, 0.3) is 0 Å². The maximum Gasteiger partial charge on any atom is 0.573 e. The van der Waals surface area contributed by atoms with Gasteiger partial charge in [0.2, 0.25) is 0 Å². The molecule has 0 amide bonds. The summed E-state index contributed by atoms with van der Waals surface area (Å²) in [5, 5.41) is 8.84. The number of aromatic nitrogens is 2. The average molecular weight is 383 g/mol. The second-order valence-corrected chi connectivity index (χ2v) is 5.91. The Labute approximate surface area is 152 Å². The standard InChI is InChI=1S/C17H16F3N3O4/c18-17(19,20)27-13-3-1-2-11(6-13)15-10-23(4-5-26-15)9-12-7-22-14(8-21-12)16(24)25/h1-3,6-8,15H,4-5,9-10H2,(H,24,25). The Morgan fingerprint density at radius 1 is 1.33 bits per heavy atom. The molecule has 1 unspecified atom stereocenters. The van der Waals surface area contributed by atoms with E-state index in [1.165, 1.54) is 30.6 Å². The van der Waals surface area contributed by atoms with Crippen LogP contribution in [0.1, 0.15) is 27.8 Å². The van der Waals surface area contributed by atoms with Crippen molar-refractivity contribution < 1.29 is 32.5 Å². The Kier molecular flexibility index (Phi) is 5.57. The number of hydrogen-bond acceptors (Lipinski definition) is 6. The van der Waals surface area contributed by atoms with Crippen LogP contribution in [-0.2, 0) is 11.3 Å². The first-order chi connectivity index (χ1) is 12.8. The second-order valence-electron chi connectivity index (χ2n) is 5.91. The highest BCUT2D eigenvalue weighted by molar-refractivity contribution is 5.84. The molecule has 0 bridgehead atoms. The first kappa shape index (κ1) is 19.1. The van der Waals surface area contributed by atoms with Gasteiger partial charge in [-0.15, -0.1) is 13.2 Å². The monoisotopic (exact) mass is 383 g/mol. The summed E-state index contributed by atoms with van der Waals surface area (Å²) in [7, 11) is 0. The third kappa shape index (κ3) is 5.38. The Bertz CT molecular complexity index is 799. The van der Waals surface area contributed by atoms with Gasteiger partial charge in [0.25, 0.3) is 0 Å². The molecular formula is C17H16F3N3O4. The maximum absolute atomic E-state index is 12.4. The Hall–Kier alpha value is -2.72. The van der Waals surface area contributed by atoms with Gasteiger partial charge in [0, 0.05) is 19.6 Å². The van der Waals surface area contributed by atoms with Crippen LogP contribution in [0.2, 0.25) is 0 Å². The molecule has 2 heterocycles. The molecule has 0 aliphatic carbocycles. The van der Waals surface area contributed by atoms with Crippen LogP contribution in [0.5, 0.6) is 5.75 Å². The van der Waals surface area contributed by atoms with Crippen LogP contribution in [0, 0.1) is 0 Å². The Morgan fingerprint density at radius 3 is 2.81 bits per heavy atom. The van der Waals surface area contributed by atoms with Crippen molar-refractivity contribution in [3.63, 3.8) is 0 Å². The van der Waals surface area contributed by atoms with Crippen molar-refractivity contribution in [2.75, 3.05) is 19.7 Å². The van der Waals surface area contributed by atoms with Gasteiger partial charge in [-0.1, -0.05) is 12.1 Å². The van der Waals surface area contributed by atoms with E-state index in [9.17, 15) is 18.0 Å². The highest BCUT2D eigenvalue weighted by Gasteiger charge is 2.31. The van der Waals surface area contributed by atoms with E-state index in [0.29, 0.717) is 37.5 Å². The molecule has 1 atom stereocenters. The van der Waals surface area contributed by atoms with Crippen molar-refractivity contribution in [1.29, 1.82) is 0 Å². The summed E-state index contributed by atoms with van der Waals surface area (Å²) in [6, 6.07) is 5.70. The molecule has 10 heteroatoms. The molecule has 1 aromatic heterocycles. The molecule has 1 aliphatic rings. The van der Waals surface area contributed by atoms with Gasteiger partial charge < -0.3 is 14.6 Å². The number of ether oxygens (including phenoxy) is 2. The number of nitrogens with zero attached hydrogens (tertiary/aromatic N) is 3. The number of rotatable bonds is 5. The zero-order valence-corrected chi connectivity index (χ0v) is 14.0. The highest BCUT2D eigenvalue weighted by Crippen LogP contribution is 2.28. The van der Waals surface area contributed by atoms with E-state index in [2.05, 4.69) is 14.7 Å². The number of carbonyl (C=O) groups is 1. The minimum atomic E-state index is -4.75. The molecule has 0 radical (unpaired) electrons. The zero-order valence-electron chi connectivity index (χ0n) is 14.0. The molecule has 1 saturated heterocycles. The lowest BCUT2D eigenvalue weighted by atomic mass is 10.1. The van der Waals surface area contributed by atoms with Gasteiger partial charge in [0.15, 0.2) is 5.69 Å². The van der Waals surface area contributed by atoms with Gasteiger partial charge in [-0.2, -0.15) is 0 Å². The van der Waals surface area contributed by atoms with Crippen LogP contribution in [0.3, 0.4) is 0 Å². The fraction of sp³-hybridized carbons (Fsp3) is 0.353. The van der Waals surface area contributed by atoms with Gasteiger partial charge in [0.1, 0.15) is 5.75 Å². The van der Waals surface area contributed by atoms with Crippen molar-refractivity contribution in [2.24, 2.45) is 0 Å². The fourth-order valence-corrected chi connectivity index (χ4v) is 2.74. The molecule has 3 rings (SSSR count). The summed E-state index contributed by atoms with van der Waals surface area (Å²) in [4.78, 5) is 20.7. The number of aromatic carboxylic acids is 1. The van der Waals surface area contributed by atoms with Gasteiger partial charge in [0.05, 0.1) is 30.8 Å². The van der Waals surface area contributed by atoms with Crippen LogP contribution >= 0.6 is 0 Å². The van der Waals surface area contributed by atoms with E-state index in [1.807, 2.05) is 4.90 Å². The van der Waals surface area contributed by atoms with E-state index in [1.54, 1.807) is 6.07 Å². The number of carboxylic acid groups (broad SMARTS) is 1. The number of morpholine rings is 1. The first-order valence-electron chi connectivity index (χ1n) is 8.04. The molecule has 0 spiro atoms. The number of alkyl halides is 3. The van der Waals surface area contributed by atoms with Crippen LogP contribution < -0.4 is 4.74 Å². The van der Waals surface area contributed by atoms with Crippen LogP contribution in [0.4, 0.5) is 13.2 Å². The summed E-state index contributed by atoms with van der Waals surface area (Å²) < 4.78 is 46.8. The second kappa shape index (κ2) is 7.89.